The Morgan fingerprint density at radius 1 is 1.12 bits per heavy atom. The third kappa shape index (κ3) is 3.79. The average molecular weight is 325 g/mol. The minimum atomic E-state index is 0.625. The quantitative estimate of drug-likeness (QED) is 0.884. The zero-order valence-electron chi connectivity index (χ0n) is 14.2. The molecule has 2 aromatic rings. The summed E-state index contributed by atoms with van der Waals surface area (Å²) in [5, 5.41) is 11.6. The summed E-state index contributed by atoms with van der Waals surface area (Å²) in [7, 11) is 0. The van der Waals surface area contributed by atoms with Crippen LogP contribution in [0.1, 0.15) is 18.4 Å². The molecule has 5 heteroatoms. The molecule has 0 amide bonds. The number of nitrogens with one attached hydrogen (secondary N) is 2. The highest BCUT2D eigenvalue weighted by atomic mass is 15.3. The largest absolute Gasteiger partial charge is 0.370 e. The van der Waals surface area contributed by atoms with E-state index < -0.39 is 0 Å². The van der Waals surface area contributed by atoms with Crippen molar-refractivity contribution in [2.45, 2.75) is 32.0 Å². The van der Waals surface area contributed by atoms with E-state index in [0.29, 0.717) is 12.0 Å². The summed E-state index contributed by atoms with van der Waals surface area (Å²) in [5.74, 6) is 1.78. The van der Waals surface area contributed by atoms with Gasteiger partial charge >= 0.3 is 0 Å². The Labute approximate surface area is 144 Å². The second-order valence-corrected chi connectivity index (χ2v) is 7.09. The van der Waals surface area contributed by atoms with E-state index in [1.165, 1.54) is 31.5 Å². The Hall–Kier alpha value is -1.85. The van der Waals surface area contributed by atoms with Gasteiger partial charge in [0.05, 0.1) is 6.20 Å². The predicted molar refractivity (Wildman–Crippen MR) is 97.0 cm³/mol. The minimum Gasteiger partial charge on any atom is -0.370 e. The van der Waals surface area contributed by atoms with E-state index in [2.05, 4.69) is 55.6 Å². The normalized spacial score (nSPS) is 22.1. The van der Waals surface area contributed by atoms with Gasteiger partial charge in [0.25, 0.3) is 0 Å². The van der Waals surface area contributed by atoms with Gasteiger partial charge in [0, 0.05) is 44.2 Å². The van der Waals surface area contributed by atoms with Crippen molar-refractivity contribution >= 4 is 5.82 Å². The van der Waals surface area contributed by atoms with E-state index in [1.807, 2.05) is 12.3 Å². The van der Waals surface area contributed by atoms with E-state index in [1.54, 1.807) is 0 Å². The molecule has 0 aliphatic carbocycles. The average Bonchev–Trinajstić information content (AvgIpc) is 3.10. The highest BCUT2D eigenvalue weighted by Gasteiger charge is 2.22. The summed E-state index contributed by atoms with van der Waals surface area (Å²) < 4.78 is 2.08. The number of hydrogen-bond donors (Lipinski definition) is 2. The van der Waals surface area contributed by atoms with Crippen LogP contribution in [0.5, 0.6) is 0 Å². The molecule has 1 aromatic heterocycles. The molecular weight excluding hydrogens is 298 g/mol. The molecule has 4 rings (SSSR count). The van der Waals surface area contributed by atoms with E-state index >= 15 is 0 Å². The van der Waals surface area contributed by atoms with Gasteiger partial charge in [0.1, 0.15) is 5.82 Å². The third-order valence-corrected chi connectivity index (χ3v) is 5.25. The first-order valence-corrected chi connectivity index (χ1v) is 9.12. The number of hydrogen-bond acceptors (Lipinski definition) is 4. The van der Waals surface area contributed by atoms with E-state index in [0.717, 1.165) is 32.0 Å². The first-order chi connectivity index (χ1) is 11.9. The van der Waals surface area contributed by atoms with Crippen LogP contribution in [-0.2, 0) is 13.1 Å². The van der Waals surface area contributed by atoms with Gasteiger partial charge in [-0.15, -0.1) is 0 Å². The lowest BCUT2D eigenvalue weighted by Crippen LogP contribution is -2.45. The monoisotopic (exact) mass is 325 g/mol. The molecule has 0 spiro atoms. The molecule has 1 aromatic carbocycles. The molecule has 1 atom stereocenters. The van der Waals surface area contributed by atoms with Crippen molar-refractivity contribution in [2.24, 2.45) is 5.92 Å². The maximum Gasteiger partial charge on any atom is 0.124 e. The molecule has 2 aliphatic rings. The predicted octanol–water partition coefficient (Wildman–Crippen LogP) is 2.18. The van der Waals surface area contributed by atoms with Gasteiger partial charge in [-0.2, -0.15) is 5.10 Å². The molecule has 0 unspecified atom stereocenters. The molecule has 0 radical (unpaired) electrons. The molecule has 5 nitrogen and oxygen atoms in total. The molecule has 0 bridgehead atoms. The number of piperidine rings is 1. The lowest BCUT2D eigenvalue weighted by atomic mass is 10.0. The van der Waals surface area contributed by atoms with E-state index in [4.69, 9.17) is 0 Å². The standard InChI is InChI=1S/C19H27N5/c1-2-4-16(5-3-1)14-23-10-7-18(8-11-23)20-12-17-13-21-19-6-9-22-24(19)15-17/h1-6,9,17-18,20-21H,7-8,10-15H2/t17-/m0/s1. The van der Waals surface area contributed by atoms with Gasteiger partial charge in [-0.05, 0) is 31.5 Å². The van der Waals surface area contributed by atoms with Crippen molar-refractivity contribution < 1.29 is 0 Å². The molecule has 2 N–H and O–H groups in total. The van der Waals surface area contributed by atoms with Crippen molar-refractivity contribution in [3.05, 3.63) is 48.2 Å². The van der Waals surface area contributed by atoms with E-state index in [9.17, 15) is 0 Å². The first kappa shape index (κ1) is 15.7. The second kappa shape index (κ2) is 7.36. The van der Waals surface area contributed by atoms with Crippen LogP contribution < -0.4 is 10.6 Å². The molecule has 2 aliphatic heterocycles. The molecular formula is C19H27N5. The van der Waals surface area contributed by atoms with Gasteiger partial charge in [0.15, 0.2) is 0 Å². The molecule has 24 heavy (non-hydrogen) atoms. The Balaban J connectivity index is 1.19. The number of anilines is 1. The summed E-state index contributed by atoms with van der Waals surface area (Å²) in [4.78, 5) is 2.58. The van der Waals surface area contributed by atoms with Crippen molar-refractivity contribution in [1.29, 1.82) is 0 Å². The Kier molecular flexibility index (Phi) is 4.81. The maximum absolute atomic E-state index is 4.37. The molecule has 128 valence electrons. The zero-order valence-corrected chi connectivity index (χ0v) is 14.2. The Morgan fingerprint density at radius 2 is 1.96 bits per heavy atom. The number of likely N-dealkylation sites (tertiary alicyclic amines) is 1. The summed E-state index contributed by atoms with van der Waals surface area (Å²) in [5.41, 5.74) is 1.42. The fraction of sp³-hybridized carbons (Fsp3) is 0.526. The third-order valence-electron chi connectivity index (χ3n) is 5.25. The fourth-order valence-electron chi connectivity index (χ4n) is 3.79. The molecule has 3 heterocycles. The second-order valence-electron chi connectivity index (χ2n) is 7.09. The molecule has 1 fully saturated rings. The van der Waals surface area contributed by atoms with Crippen molar-refractivity contribution in [1.82, 2.24) is 20.0 Å². The summed E-state index contributed by atoms with van der Waals surface area (Å²) in [6.07, 6.45) is 4.38. The maximum atomic E-state index is 4.37. The molecule has 1 saturated heterocycles. The van der Waals surface area contributed by atoms with Crippen LogP contribution in [-0.4, -0.2) is 46.9 Å². The van der Waals surface area contributed by atoms with Crippen LogP contribution in [0.4, 0.5) is 5.82 Å². The van der Waals surface area contributed by atoms with Crippen LogP contribution in [0.3, 0.4) is 0 Å². The van der Waals surface area contributed by atoms with Crippen molar-refractivity contribution in [3.63, 3.8) is 0 Å². The Bertz CT molecular complexity index is 630. The fourth-order valence-corrected chi connectivity index (χ4v) is 3.79. The van der Waals surface area contributed by atoms with Crippen LogP contribution in [0.15, 0.2) is 42.6 Å². The summed E-state index contributed by atoms with van der Waals surface area (Å²) in [6.45, 7) is 6.62. The van der Waals surface area contributed by atoms with Crippen molar-refractivity contribution in [3.8, 4) is 0 Å². The number of aromatic nitrogens is 2. The van der Waals surface area contributed by atoms with Crippen LogP contribution in [0.2, 0.25) is 0 Å². The van der Waals surface area contributed by atoms with Gasteiger partial charge in [-0.25, -0.2) is 4.68 Å². The van der Waals surface area contributed by atoms with Gasteiger partial charge < -0.3 is 10.6 Å². The van der Waals surface area contributed by atoms with Crippen LogP contribution in [0.25, 0.3) is 0 Å². The topological polar surface area (TPSA) is 45.1 Å². The van der Waals surface area contributed by atoms with Crippen molar-refractivity contribution in [2.75, 3.05) is 31.5 Å². The Morgan fingerprint density at radius 3 is 2.79 bits per heavy atom. The first-order valence-electron chi connectivity index (χ1n) is 9.12. The highest BCUT2D eigenvalue weighted by molar-refractivity contribution is 5.35. The summed E-state index contributed by atoms with van der Waals surface area (Å²) >= 11 is 0. The number of nitrogens with zero attached hydrogens (tertiary/aromatic N) is 3. The number of fused-ring (bicyclic) bond motifs is 1. The van der Waals surface area contributed by atoms with Gasteiger partial charge in [-0.3, -0.25) is 4.90 Å². The minimum absolute atomic E-state index is 0.625. The highest BCUT2D eigenvalue weighted by Crippen LogP contribution is 2.17. The SMILES string of the molecule is c1ccc(CN2CCC(NC[C@H]3CNc4ccnn4C3)CC2)cc1. The summed E-state index contributed by atoms with van der Waals surface area (Å²) in [6, 6.07) is 13.5. The van der Waals surface area contributed by atoms with Gasteiger partial charge in [0.2, 0.25) is 0 Å². The molecule has 0 saturated carbocycles. The lowest BCUT2D eigenvalue weighted by molar-refractivity contribution is 0.186. The number of benzene rings is 1. The van der Waals surface area contributed by atoms with Gasteiger partial charge in [-0.1, -0.05) is 30.3 Å². The van der Waals surface area contributed by atoms with E-state index in [-0.39, 0.29) is 0 Å². The van der Waals surface area contributed by atoms with Crippen LogP contribution >= 0.6 is 0 Å². The number of rotatable bonds is 5. The van der Waals surface area contributed by atoms with Crippen LogP contribution in [0, 0.1) is 5.92 Å². The smallest absolute Gasteiger partial charge is 0.124 e. The zero-order chi connectivity index (χ0) is 16.2. The lowest BCUT2D eigenvalue weighted by Gasteiger charge is -2.34.